The van der Waals surface area contributed by atoms with E-state index in [1.807, 2.05) is 44.3 Å². The number of benzene rings is 2. The van der Waals surface area contributed by atoms with Gasteiger partial charge in [0.05, 0.1) is 5.52 Å². The van der Waals surface area contributed by atoms with Crippen molar-refractivity contribution in [2.45, 2.75) is 6.92 Å². The summed E-state index contributed by atoms with van der Waals surface area (Å²) in [5.74, 6) is -0.256. The zero-order chi connectivity index (χ0) is 15.9. The van der Waals surface area contributed by atoms with Crippen molar-refractivity contribution in [1.82, 2.24) is 9.78 Å². The Hall–Kier alpha value is -2.34. The van der Waals surface area contributed by atoms with Crippen LogP contribution in [0.4, 0.5) is 11.4 Å². The maximum Gasteiger partial charge on any atom is 0.276 e. The van der Waals surface area contributed by atoms with Gasteiger partial charge in [-0.05, 0) is 48.9 Å². The molecule has 0 aliphatic heterocycles. The Morgan fingerprint density at radius 3 is 2.77 bits per heavy atom. The number of fused-ring (bicyclic) bond motifs is 1. The van der Waals surface area contributed by atoms with Gasteiger partial charge in [0.25, 0.3) is 5.91 Å². The van der Waals surface area contributed by atoms with E-state index in [4.69, 9.17) is 5.73 Å². The summed E-state index contributed by atoms with van der Waals surface area (Å²) in [6.07, 6.45) is 0. The molecule has 3 aromatic rings. The second-order valence-electron chi connectivity index (χ2n) is 5.22. The Kier molecular flexibility index (Phi) is 3.62. The van der Waals surface area contributed by atoms with E-state index in [-0.39, 0.29) is 5.91 Å². The first-order chi connectivity index (χ1) is 10.4. The van der Waals surface area contributed by atoms with Crippen molar-refractivity contribution < 1.29 is 4.79 Å². The lowest BCUT2D eigenvalue weighted by Gasteiger charge is -2.06. The molecule has 0 saturated carbocycles. The quantitative estimate of drug-likeness (QED) is 0.688. The summed E-state index contributed by atoms with van der Waals surface area (Å²) in [6, 6.07) is 11.2. The van der Waals surface area contributed by atoms with Crippen LogP contribution in [-0.4, -0.2) is 15.7 Å². The molecule has 1 amide bonds. The minimum absolute atomic E-state index is 0.256. The number of nitrogen functional groups attached to an aromatic ring is 1. The fourth-order valence-corrected chi connectivity index (χ4v) is 2.84. The predicted molar refractivity (Wildman–Crippen MR) is 92.0 cm³/mol. The molecule has 1 aromatic heterocycles. The van der Waals surface area contributed by atoms with Gasteiger partial charge in [0.1, 0.15) is 0 Å². The lowest BCUT2D eigenvalue weighted by molar-refractivity contribution is 0.102. The van der Waals surface area contributed by atoms with Crippen molar-refractivity contribution in [3.63, 3.8) is 0 Å². The molecule has 0 atom stereocenters. The van der Waals surface area contributed by atoms with Crippen molar-refractivity contribution in [2.75, 3.05) is 11.1 Å². The molecule has 5 nitrogen and oxygen atoms in total. The van der Waals surface area contributed by atoms with Crippen LogP contribution in [0.3, 0.4) is 0 Å². The van der Waals surface area contributed by atoms with Crippen LogP contribution in [0.2, 0.25) is 0 Å². The number of rotatable bonds is 2. The molecule has 0 spiro atoms. The number of amides is 1. The molecule has 0 unspecified atom stereocenters. The Morgan fingerprint density at radius 2 is 2.05 bits per heavy atom. The topological polar surface area (TPSA) is 72.9 Å². The number of carbonyl (C=O) groups excluding carboxylic acids is 1. The molecule has 3 rings (SSSR count). The van der Waals surface area contributed by atoms with Crippen LogP contribution in [0.25, 0.3) is 10.9 Å². The Labute approximate surface area is 136 Å². The average molecular weight is 359 g/mol. The van der Waals surface area contributed by atoms with Gasteiger partial charge in [-0.1, -0.05) is 15.9 Å². The minimum Gasteiger partial charge on any atom is -0.399 e. The third kappa shape index (κ3) is 2.69. The van der Waals surface area contributed by atoms with E-state index in [2.05, 4.69) is 26.3 Å². The van der Waals surface area contributed by atoms with Gasteiger partial charge in [0, 0.05) is 28.3 Å². The highest BCUT2D eigenvalue weighted by Gasteiger charge is 2.16. The second-order valence-corrected chi connectivity index (χ2v) is 6.14. The van der Waals surface area contributed by atoms with E-state index >= 15 is 0 Å². The third-order valence-corrected chi connectivity index (χ3v) is 3.88. The van der Waals surface area contributed by atoms with Crippen molar-refractivity contribution in [3.05, 3.63) is 52.1 Å². The Morgan fingerprint density at radius 1 is 1.27 bits per heavy atom. The van der Waals surface area contributed by atoms with E-state index in [0.29, 0.717) is 17.1 Å². The van der Waals surface area contributed by atoms with E-state index in [1.54, 1.807) is 10.7 Å². The first-order valence-corrected chi connectivity index (χ1v) is 7.54. The van der Waals surface area contributed by atoms with Gasteiger partial charge in [0.15, 0.2) is 5.69 Å². The minimum atomic E-state index is -0.256. The van der Waals surface area contributed by atoms with Gasteiger partial charge in [-0.25, -0.2) is 0 Å². The number of aryl methyl sites for hydroxylation is 2. The zero-order valence-corrected chi connectivity index (χ0v) is 13.8. The molecule has 0 radical (unpaired) electrons. The Bertz CT molecular complexity index is 865. The second kappa shape index (κ2) is 5.46. The molecule has 6 heteroatoms. The highest BCUT2D eigenvalue weighted by atomic mass is 79.9. The smallest absolute Gasteiger partial charge is 0.276 e. The molecule has 0 aliphatic rings. The Balaban J connectivity index is 2.00. The molecular weight excluding hydrogens is 344 g/mol. The summed E-state index contributed by atoms with van der Waals surface area (Å²) in [5.41, 5.74) is 9.37. The van der Waals surface area contributed by atoms with Crippen LogP contribution in [0.1, 0.15) is 16.1 Å². The van der Waals surface area contributed by atoms with Gasteiger partial charge < -0.3 is 11.1 Å². The monoisotopic (exact) mass is 358 g/mol. The van der Waals surface area contributed by atoms with E-state index < -0.39 is 0 Å². The largest absolute Gasteiger partial charge is 0.399 e. The summed E-state index contributed by atoms with van der Waals surface area (Å²) >= 11 is 3.43. The van der Waals surface area contributed by atoms with Crippen LogP contribution in [0, 0.1) is 6.92 Å². The number of halogens is 1. The zero-order valence-electron chi connectivity index (χ0n) is 12.2. The summed E-state index contributed by atoms with van der Waals surface area (Å²) in [5, 5.41) is 7.98. The van der Waals surface area contributed by atoms with Gasteiger partial charge in [-0.2, -0.15) is 5.10 Å². The van der Waals surface area contributed by atoms with Crippen LogP contribution < -0.4 is 11.1 Å². The number of anilines is 2. The number of hydrogen-bond acceptors (Lipinski definition) is 3. The molecule has 0 saturated heterocycles. The number of hydrogen-bond donors (Lipinski definition) is 2. The van der Waals surface area contributed by atoms with Gasteiger partial charge >= 0.3 is 0 Å². The summed E-state index contributed by atoms with van der Waals surface area (Å²) < 4.78 is 2.60. The van der Waals surface area contributed by atoms with E-state index in [0.717, 1.165) is 20.9 Å². The number of aromatic nitrogens is 2. The molecule has 112 valence electrons. The van der Waals surface area contributed by atoms with Crippen LogP contribution in [-0.2, 0) is 7.05 Å². The molecule has 0 bridgehead atoms. The first-order valence-electron chi connectivity index (χ1n) is 6.75. The average Bonchev–Trinajstić information content (AvgIpc) is 2.74. The van der Waals surface area contributed by atoms with E-state index in [1.165, 1.54) is 0 Å². The summed E-state index contributed by atoms with van der Waals surface area (Å²) in [7, 11) is 1.82. The van der Waals surface area contributed by atoms with Gasteiger partial charge in [-0.15, -0.1) is 0 Å². The lowest BCUT2D eigenvalue weighted by Crippen LogP contribution is -2.13. The van der Waals surface area contributed by atoms with Crippen molar-refractivity contribution in [2.24, 2.45) is 7.05 Å². The maximum atomic E-state index is 12.5. The molecule has 22 heavy (non-hydrogen) atoms. The van der Waals surface area contributed by atoms with Crippen molar-refractivity contribution >= 4 is 44.1 Å². The number of nitrogens with zero attached hydrogens (tertiary/aromatic N) is 2. The fourth-order valence-electron chi connectivity index (χ4n) is 2.48. The van der Waals surface area contributed by atoms with Crippen molar-refractivity contribution in [1.29, 1.82) is 0 Å². The number of nitrogens with one attached hydrogen (secondary N) is 1. The predicted octanol–water partition coefficient (Wildman–Crippen LogP) is 3.48. The maximum absolute atomic E-state index is 12.5. The molecule has 0 fully saturated rings. The SMILES string of the molecule is Cc1cc(N)cc(NC(=O)c2nn(C)c3ccc(Br)cc23)c1. The summed E-state index contributed by atoms with van der Waals surface area (Å²) in [4.78, 5) is 12.5. The highest BCUT2D eigenvalue weighted by molar-refractivity contribution is 9.10. The first kappa shape index (κ1) is 14.6. The number of carbonyl (C=O) groups is 1. The highest BCUT2D eigenvalue weighted by Crippen LogP contribution is 2.24. The molecule has 1 heterocycles. The van der Waals surface area contributed by atoms with Crippen molar-refractivity contribution in [3.8, 4) is 0 Å². The third-order valence-electron chi connectivity index (χ3n) is 3.38. The van der Waals surface area contributed by atoms with Gasteiger partial charge in [0.2, 0.25) is 0 Å². The lowest BCUT2D eigenvalue weighted by atomic mass is 10.1. The molecule has 2 aromatic carbocycles. The van der Waals surface area contributed by atoms with Crippen LogP contribution >= 0.6 is 15.9 Å². The van der Waals surface area contributed by atoms with Gasteiger partial charge in [-0.3, -0.25) is 9.48 Å². The van der Waals surface area contributed by atoms with Crippen LogP contribution in [0.5, 0.6) is 0 Å². The molecule has 0 aliphatic carbocycles. The van der Waals surface area contributed by atoms with E-state index in [9.17, 15) is 4.79 Å². The molecular formula is C16H15BrN4O. The number of nitrogens with two attached hydrogens (primary N) is 1. The fraction of sp³-hybridized carbons (Fsp3) is 0.125. The standard InChI is InChI=1S/C16H15BrN4O/c1-9-5-11(18)8-12(6-9)19-16(22)15-13-7-10(17)3-4-14(13)21(2)20-15/h3-8H,18H2,1-2H3,(H,19,22). The summed E-state index contributed by atoms with van der Waals surface area (Å²) in [6.45, 7) is 1.93. The van der Waals surface area contributed by atoms with Crippen LogP contribution in [0.15, 0.2) is 40.9 Å². The molecule has 3 N–H and O–H groups in total. The normalized spacial score (nSPS) is 10.9.